The van der Waals surface area contributed by atoms with Crippen LogP contribution in [0, 0.1) is 0 Å². The van der Waals surface area contributed by atoms with Gasteiger partial charge in [-0.3, -0.25) is 9.63 Å². The predicted molar refractivity (Wildman–Crippen MR) is 46.1 cm³/mol. The fourth-order valence-electron chi connectivity index (χ4n) is 0.874. The second-order valence-corrected chi connectivity index (χ2v) is 2.77. The normalized spacial score (nSPS) is 11.3. The fraction of sp³-hybridized carbons (Fsp3) is 0.375. The van der Waals surface area contributed by atoms with Gasteiger partial charge in [-0.15, -0.1) is 0 Å². The molecule has 0 aliphatic carbocycles. The lowest BCUT2D eigenvalue weighted by Gasteiger charge is -2.13. The smallest absolute Gasteiger partial charge is 0.274 e. The molecule has 1 aromatic rings. The summed E-state index contributed by atoms with van der Waals surface area (Å²) in [6.45, 7) is 0. The lowest BCUT2D eigenvalue weighted by molar-refractivity contribution is -0.141. The van der Waals surface area contributed by atoms with Gasteiger partial charge in [-0.25, -0.2) is 15.0 Å². The lowest BCUT2D eigenvalue weighted by atomic mass is 10.3. The van der Waals surface area contributed by atoms with E-state index >= 15 is 0 Å². The Morgan fingerprint density at radius 1 is 1.44 bits per heavy atom. The Hall–Kier alpha value is -1.70. The van der Waals surface area contributed by atoms with Crippen LogP contribution in [0.1, 0.15) is 16.2 Å². The van der Waals surface area contributed by atoms with Crippen molar-refractivity contribution >= 4 is 5.91 Å². The molecule has 0 saturated carbocycles. The topological polar surface area (TPSA) is 55.3 Å². The third-order valence-electron chi connectivity index (χ3n) is 1.74. The van der Waals surface area contributed by atoms with Crippen LogP contribution in [-0.2, 0) is 11.0 Å². The van der Waals surface area contributed by atoms with Gasteiger partial charge < -0.3 is 0 Å². The van der Waals surface area contributed by atoms with Crippen molar-refractivity contribution in [2.75, 3.05) is 14.2 Å². The minimum Gasteiger partial charge on any atom is -0.274 e. The average molecular weight is 235 g/mol. The highest BCUT2D eigenvalue weighted by atomic mass is 19.4. The maximum atomic E-state index is 12.3. The Balaban J connectivity index is 3.04. The Labute approximate surface area is 88.8 Å². The maximum absolute atomic E-state index is 12.3. The number of hydrogen-bond donors (Lipinski definition) is 0. The molecule has 0 aromatic carbocycles. The molecule has 88 valence electrons. The summed E-state index contributed by atoms with van der Waals surface area (Å²) in [5.74, 6) is -0.782. The molecule has 0 radical (unpaired) electrons. The van der Waals surface area contributed by atoms with Crippen LogP contribution in [0.2, 0.25) is 0 Å². The highest BCUT2D eigenvalue weighted by Gasteiger charge is 2.33. The van der Waals surface area contributed by atoms with Crippen molar-refractivity contribution in [2.45, 2.75) is 6.18 Å². The number of nitrogens with zero attached hydrogens (tertiary/aromatic N) is 3. The van der Waals surface area contributed by atoms with Crippen LogP contribution in [0.15, 0.2) is 12.4 Å². The zero-order valence-electron chi connectivity index (χ0n) is 8.45. The van der Waals surface area contributed by atoms with E-state index in [1.807, 2.05) is 0 Å². The number of rotatable bonds is 2. The van der Waals surface area contributed by atoms with Crippen molar-refractivity contribution in [3.05, 3.63) is 23.8 Å². The van der Waals surface area contributed by atoms with E-state index < -0.39 is 17.8 Å². The molecular weight excluding hydrogens is 227 g/mol. The molecule has 1 amide bonds. The second kappa shape index (κ2) is 4.44. The Bertz CT molecular complexity index is 394. The van der Waals surface area contributed by atoms with Crippen LogP contribution < -0.4 is 0 Å². The van der Waals surface area contributed by atoms with Crippen molar-refractivity contribution in [1.82, 2.24) is 15.0 Å². The van der Waals surface area contributed by atoms with E-state index in [4.69, 9.17) is 0 Å². The fourth-order valence-corrected chi connectivity index (χ4v) is 0.874. The molecule has 0 N–H and O–H groups in total. The number of carbonyl (C=O) groups excluding carboxylic acids is 1. The molecule has 0 saturated heterocycles. The standard InChI is InChI=1S/C8H8F3N3O2/c1-14(16-2)7(15)5-3-6(8(9,10)11)13-4-12-5/h3-4H,1-2H3. The van der Waals surface area contributed by atoms with Gasteiger partial charge in [0.05, 0.1) is 7.11 Å². The van der Waals surface area contributed by atoms with Crippen molar-refractivity contribution in [3.63, 3.8) is 0 Å². The Morgan fingerprint density at radius 2 is 2.06 bits per heavy atom. The zero-order chi connectivity index (χ0) is 12.3. The zero-order valence-corrected chi connectivity index (χ0v) is 8.45. The number of amides is 1. The number of hydrogen-bond acceptors (Lipinski definition) is 4. The molecule has 0 aliphatic heterocycles. The van der Waals surface area contributed by atoms with Crippen LogP contribution in [0.5, 0.6) is 0 Å². The summed E-state index contributed by atoms with van der Waals surface area (Å²) < 4.78 is 36.8. The minimum absolute atomic E-state index is 0.383. The second-order valence-electron chi connectivity index (χ2n) is 2.77. The maximum Gasteiger partial charge on any atom is 0.433 e. The minimum atomic E-state index is -4.61. The number of aromatic nitrogens is 2. The first-order valence-corrected chi connectivity index (χ1v) is 4.07. The van der Waals surface area contributed by atoms with Crippen LogP contribution in [-0.4, -0.2) is 35.1 Å². The van der Waals surface area contributed by atoms with Crippen molar-refractivity contribution < 1.29 is 22.8 Å². The van der Waals surface area contributed by atoms with Crippen LogP contribution >= 0.6 is 0 Å². The number of hydroxylamine groups is 2. The van der Waals surface area contributed by atoms with E-state index in [1.165, 1.54) is 14.2 Å². The summed E-state index contributed by atoms with van der Waals surface area (Å²) in [5, 5.41) is 0.766. The summed E-state index contributed by atoms with van der Waals surface area (Å²) in [6, 6.07) is 0.567. The third kappa shape index (κ3) is 2.66. The van der Waals surface area contributed by atoms with Gasteiger partial charge in [0.2, 0.25) is 0 Å². The molecule has 0 aliphatic rings. The summed E-state index contributed by atoms with van der Waals surface area (Å²) in [6.07, 6.45) is -3.93. The van der Waals surface area contributed by atoms with Crippen molar-refractivity contribution in [2.24, 2.45) is 0 Å². The average Bonchev–Trinajstić information content (AvgIpc) is 2.26. The van der Waals surface area contributed by atoms with Gasteiger partial charge in [0, 0.05) is 13.1 Å². The Morgan fingerprint density at radius 3 is 2.56 bits per heavy atom. The summed E-state index contributed by atoms with van der Waals surface area (Å²) in [5.41, 5.74) is -1.55. The largest absolute Gasteiger partial charge is 0.433 e. The molecule has 1 rings (SSSR count). The highest BCUT2D eigenvalue weighted by Crippen LogP contribution is 2.27. The van der Waals surface area contributed by atoms with E-state index in [1.54, 1.807) is 0 Å². The van der Waals surface area contributed by atoms with E-state index in [0.717, 1.165) is 5.06 Å². The summed E-state index contributed by atoms with van der Waals surface area (Å²) in [7, 11) is 2.47. The van der Waals surface area contributed by atoms with Gasteiger partial charge in [-0.1, -0.05) is 0 Å². The number of alkyl halides is 3. The molecule has 16 heavy (non-hydrogen) atoms. The predicted octanol–water partition coefficient (Wildman–Crippen LogP) is 1.13. The highest BCUT2D eigenvalue weighted by molar-refractivity contribution is 5.91. The van der Waals surface area contributed by atoms with Crippen LogP contribution in [0.3, 0.4) is 0 Å². The summed E-state index contributed by atoms with van der Waals surface area (Å²) in [4.78, 5) is 22.4. The molecule has 1 aromatic heterocycles. The van der Waals surface area contributed by atoms with Gasteiger partial charge in [-0.2, -0.15) is 13.2 Å². The molecule has 8 heteroatoms. The molecule has 1 heterocycles. The SMILES string of the molecule is CON(C)C(=O)c1cc(C(F)(F)F)ncn1. The number of halogens is 3. The van der Waals surface area contributed by atoms with Crippen molar-refractivity contribution in [3.8, 4) is 0 Å². The van der Waals surface area contributed by atoms with Gasteiger partial charge in [0.15, 0.2) is 0 Å². The molecular formula is C8H8F3N3O2. The quantitative estimate of drug-likeness (QED) is 0.721. The molecule has 0 atom stereocenters. The van der Waals surface area contributed by atoms with Gasteiger partial charge in [0.25, 0.3) is 5.91 Å². The number of carbonyl (C=O) groups is 1. The molecule has 5 nitrogen and oxygen atoms in total. The third-order valence-corrected chi connectivity index (χ3v) is 1.74. The van der Waals surface area contributed by atoms with Gasteiger partial charge in [-0.05, 0) is 0 Å². The van der Waals surface area contributed by atoms with Gasteiger partial charge in [0.1, 0.15) is 17.7 Å². The Kier molecular flexibility index (Phi) is 3.43. The van der Waals surface area contributed by atoms with Crippen LogP contribution in [0.25, 0.3) is 0 Å². The monoisotopic (exact) mass is 235 g/mol. The molecule has 0 unspecified atom stereocenters. The van der Waals surface area contributed by atoms with E-state index in [-0.39, 0.29) is 5.69 Å². The lowest BCUT2D eigenvalue weighted by Crippen LogP contribution is -2.26. The van der Waals surface area contributed by atoms with Crippen molar-refractivity contribution in [1.29, 1.82) is 0 Å². The van der Waals surface area contributed by atoms with E-state index in [2.05, 4.69) is 14.8 Å². The first-order chi connectivity index (χ1) is 7.36. The summed E-state index contributed by atoms with van der Waals surface area (Å²) >= 11 is 0. The van der Waals surface area contributed by atoms with E-state index in [9.17, 15) is 18.0 Å². The molecule has 0 spiro atoms. The molecule has 0 fully saturated rings. The first kappa shape index (κ1) is 12.4. The van der Waals surface area contributed by atoms with Crippen LogP contribution in [0.4, 0.5) is 13.2 Å². The first-order valence-electron chi connectivity index (χ1n) is 4.07. The molecule has 0 bridgehead atoms. The van der Waals surface area contributed by atoms with E-state index in [0.29, 0.717) is 12.4 Å². The van der Waals surface area contributed by atoms with Gasteiger partial charge >= 0.3 is 6.18 Å².